The Morgan fingerprint density at radius 2 is 1.68 bits per heavy atom. The van der Waals surface area contributed by atoms with Gasteiger partial charge in [0.1, 0.15) is 24.0 Å². The van der Waals surface area contributed by atoms with E-state index in [1.807, 2.05) is 6.92 Å². The number of hydrogen-bond donors (Lipinski definition) is 6. The van der Waals surface area contributed by atoms with Crippen LogP contribution in [0.15, 0.2) is 12.1 Å². The standard InChI is InChI=1S/C14H22N2O6/c1-6-4-9(10(16(20)21)5-7(6)2)15-14-13(19)12(18)11(17)8(3)22-14/h4-5,8,11-20H,1-3H3/t8-,11-,12+,13+,14+/m0/s1. The van der Waals surface area contributed by atoms with E-state index in [2.05, 4.69) is 5.32 Å². The maximum absolute atomic E-state index is 11.4. The number of ether oxygens (including phenoxy) is 1. The van der Waals surface area contributed by atoms with Gasteiger partial charge in [-0.2, -0.15) is 5.23 Å². The first-order valence-electron chi connectivity index (χ1n) is 7.03. The highest BCUT2D eigenvalue weighted by Gasteiger charge is 2.42. The van der Waals surface area contributed by atoms with Gasteiger partial charge >= 0.3 is 0 Å². The second-order valence-corrected chi connectivity index (χ2v) is 5.67. The first-order valence-corrected chi connectivity index (χ1v) is 7.03. The molecule has 0 amide bonds. The summed E-state index contributed by atoms with van der Waals surface area (Å²) >= 11 is 0. The Morgan fingerprint density at radius 3 is 2.27 bits per heavy atom. The molecule has 8 nitrogen and oxygen atoms in total. The van der Waals surface area contributed by atoms with Gasteiger partial charge in [-0.25, -0.2) is 5.21 Å². The number of benzene rings is 1. The van der Waals surface area contributed by atoms with Crippen molar-refractivity contribution < 1.29 is 30.5 Å². The lowest BCUT2D eigenvalue weighted by atomic mass is 9.98. The van der Waals surface area contributed by atoms with Crippen LogP contribution in [0.5, 0.6) is 0 Å². The molecule has 124 valence electrons. The lowest BCUT2D eigenvalue weighted by Crippen LogP contribution is -2.99. The van der Waals surface area contributed by atoms with Crippen LogP contribution in [-0.4, -0.2) is 51.2 Å². The number of hydrogen-bond acceptors (Lipinski definition) is 7. The SMILES string of the molecule is Cc1cc(N[C@@H]2O[C@@H](C)[C@H](O)[C@@H](O)[C@H]2O)c([NH+]([O-])O)cc1C. The van der Waals surface area contributed by atoms with Crippen LogP contribution in [0.3, 0.4) is 0 Å². The summed E-state index contributed by atoms with van der Waals surface area (Å²) in [5, 5.41) is 51.8. The van der Waals surface area contributed by atoms with E-state index in [1.54, 1.807) is 19.9 Å². The molecule has 6 atom stereocenters. The molecule has 6 N–H and O–H groups in total. The molecule has 0 bridgehead atoms. The number of quaternary nitrogens is 1. The van der Waals surface area contributed by atoms with Gasteiger partial charge < -0.3 is 30.6 Å². The predicted octanol–water partition coefficient (Wildman–Crippen LogP) is -1.05. The van der Waals surface area contributed by atoms with Gasteiger partial charge in [0.05, 0.1) is 6.10 Å². The predicted molar refractivity (Wildman–Crippen MR) is 77.7 cm³/mol. The first kappa shape index (κ1) is 17.1. The minimum absolute atomic E-state index is 0.0483. The molecule has 22 heavy (non-hydrogen) atoms. The fraction of sp³-hybridized carbons (Fsp3) is 0.571. The summed E-state index contributed by atoms with van der Waals surface area (Å²) in [5.74, 6) is 0. The molecule has 0 radical (unpaired) electrons. The molecule has 2 rings (SSSR count). The van der Waals surface area contributed by atoms with Crippen LogP contribution in [-0.2, 0) is 4.74 Å². The van der Waals surface area contributed by atoms with E-state index < -0.39 is 35.9 Å². The molecule has 1 fully saturated rings. The summed E-state index contributed by atoms with van der Waals surface area (Å²) in [6.45, 7) is 5.21. The fourth-order valence-corrected chi connectivity index (χ4v) is 2.44. The van der Waals surface area contributed by atoms with Crippen molar-refractivity contribution in [2.45, 2.75) is 51.4 Å². The van der Waals surface area contributed by atoms with Crippen LogP contribution in [0.2, 0.25) is 0 Å². The highest BCUT2D eigenvalue weighted by atomic mass is 16.8. The summed E-state index contributed by atoms with van der Waals surface area (Å²) in [5.41, 5.74) is 2.05. The zero-order valence-electron chi connectivity index (χ0n) is 12.6. The van der Waals surface area contributed by atoms with Crippen LogP contribution in [0, 0.1) is 19.1 Å². The van der Waals surface area contributed by atoms with Crippen LogP contribution in [0.1, 0.15) is 18.1 Å². The lowest BCUT2D eigenvalue weighted by Gasteiger charge is -2.40. The quantitative estimate of drug-likeness (QED) is 0.392. The average Bonchev–Trinajstić information content (AvgIpc) is 2.45. The minimum Gasteiger partial charge on any atom is -0.595 e. The van der Waals surface area contributed by atoms with Gasteiger partial charge in [0, 0.05) is 6.07 Å². The Labute approximate surface area is 128 Å². The third kappa shape index (κ3) is 3.23. The van der Waals surface area contributed by atoms with E-state index in [-0.39, 0.29) is 11.4 Å². The van der Waals surface area contributed by atoms with Gasteiger partial charge in [0.25, 0.3) is 0 Å². The van der Waals surface area contributed by atoms with Gasteiger partial charge in [-0.15, -0.1) is 0 Å². The summed E-state index contributed by atoms with van der Waals surface area (Å²) in [6.07, 6.45) is -5.67. The van der Waals surface area contributed by atoms with Crippen LogP contribution >= 0.6 is 0 Å². The summed E-state index contributed by atoms with van der Waals surface area (Å²) < 4.78 is 5.43. The molecular formula is C14H22N2O6. The highest BCUT2D eigenvalue weighted by molar-refractivity contribution is 5.64. The maximum atomic E-state index is 11.4. The van der Waals surface area contributed by atoms with Gasteiger partial charge in [-0.3, -0.25) is 0 Å². The molecule has 1 aromatic rings. The lowest BCUT2D eigenvalue weighted by molar-refractivity contribution is -0.990. The molecule has 1 aromatic carbocycles. The molecule has 1 aliphatic rings. The summed E-state index contributed by atoms with van der Waals surface area (Å²) in [7, 11) is 0. The van der Waals surface area contributed by atoms with Gasteiger partial charge in [-0.05, 0) is 38.0 Å². The van der Waals surface area contributed by atoms with E-state index in [9.17, 15) is 25.7 Å². The smallest absolute Gasteiger partial charge is 0.187 e. The summed E-state index contributed by atoms with van der Waals surface area (Å²) in [6, 6.07) is 3.18. The molecule has 1 unspecified atom stereocenters. The Morgan fingerprint density at radius 1 is 1.09 bits per heavy atom. The van der Waals surface area contributed by atoms with E-state index in [0.29, 0.717) is 0 Å². The fourth-order valence-electron chi connectivity index (χ4n) is 2.44. The van der Waals surface area contributed by atoms with Crippen molar-refractivity contribution in [3.8, 4) is 0 Å². The Hall–Kier alpha value is -1.26. The van der Waals surface area contributed by atoms with Crippen molar-refractivity contribution in [2.24, 2.45) is 0 Å². The first-order chi connectivity index (χ1) is 10.2. The molecule has 0 aliphatic carbocycles. The molecule has 0 saturated carbocycles. The number of rotatable bonds is 3. The highest BCUT2D eigenvalue weighted by Crippen LogP contribution is 2.27. The third-order valence-corrected chi connectivity index (χ3v) is 4.01. The molecular weight excluding hydrogens is 292 g/mol. The van der Waals surface area contributed by atoms with E-state index in [0.717, 1.165) is 11.1 Å². The molecule has 1 aliphatic heterocycles. The molecule has 1 heterocycles. The number of aliphatic hydroxyl groups is 3. The van der Waals surface area contributed by atoms with Gasteiger partial charge in [-0.1, -0.05) is 0 Å². The number of anilines is 1. The van der Waals surface area contributed by atoms with Crippen LogP contribution in [0.4, 0.5) is 11.4 Å². The zero-order chi connectivity index (χ0) is 16.6. The summed E-state index contributed by atoms with van der Waals surface area (Å²) in [4.78, 5) is 0. The van der Waals surface area contributed by atoms with E-state index in [1.165, 1.54) is 6.07 Å². The van der Waals surface area contributed by atoms with Crippen molar-refractivity contribution in [2.75, 3.05) is 5.32 Å². The molecule has 0 aromatic heterocycles. The molecule has 1 saturated heterocycles. The van der Waals surface area contributed by atoms with Crippen molar-refractivity contribution in [1.29, 1.82) is 0 Å². The number of aryl methyl sites for hydroxylation is 2. The zero-order valence-corrected chi connectivity index (χ0v) is 12.6. The monoisotopic (exact) mass is 314 g/mol. The van der Waals surface area contributed by atoms with Gasteiger partial charge in [0.2, 0.25) is 0 Å². The van der Waals surface area contributed by atoms with Crippen LogP contribution < -0.4 is 10.5 Å². The second kappa shape index (κ2) is 6.47. The van der Waals surface area contributed by atoms with E-state index >= 15 is 0 Å². The van der Waals surface area contributed by atoms with Crippen molar-refractivity contribution in [3.63, 3.8) is 0 Å². The average molecular weight is 314 g/mol. The Balaban J connectivity index is 2.28. The van der Waals surface area contributed by atoms with Gasteiger partial charge in [0.15, 0.2) is 11.9 Å². The van der Waals surface area contributed by atoms with Crippen molar-refractivity contribution in [3.05, 3.63) is 28.5 Å². The largest absolute Gasteiger partial charge is 0.595 e. The number of aliphatic hydroxyl groups excluding tert-OH is 3. The Bertz CT molecular complexity index is 538. The van der Waals surface area contributed by atoms with Crippen molar-refractivity contribution >= 4 is 11.4 Å². The van der Waals surface area contributed by atoms with Crippen LogP contribution in [0.25, 0.3) is 0 Å². The minimum atomic E-state index is -1.38. The third-order valence-electron chi connectivity index (χ3n) is 4.01. The molecule has 8 heteroatoms. The molecule has 0 spiro atoms. The second-order valence-electron chi connectivity index (χ2n) is 5.67. The van der Waals surface area contributed by atoms with E-state index in [4.69, 9.17) is 4.74 Å². The Kier molecular flexibility index (Phi) is 5.03. The maximum Gasteiger partial charge on any atom is 0.187 e. The normalized spacial score (nSPS) is 33.5. The van der Waals surface area contributed by atoms with Crippen molar-refractivity contribution in [1.82, 2.24) is 0 Å². The number of nitrogens with one attached hydrogen (secondary N) is 2. The topological polar surface area (TPSA) is 130 Å².